The Kier molecular flexibility index (Phi) is 4.49. The van der Waals surface area contributed by atoms with E-state index < -0.39 is 9.05 Å². The summed E-state index contributed by atoms with van der Waals surface area (Å²) >= 11 is 0. The van der Waals surface area contributed by atoms with Crippen molar-refractivity contribution in [1.29, 1.82) is 0 Å². The van der Waals surface area contributed by atoms with Crippen LogP contribution < -0.4 is 0 Å². The van der Waals surface area contributed by atoms with Crippen molar-refractivity contribution in [2.24, 2.45) is 5.92 Å². The zero-order valence-corrected chi connectivity index (χ0v) is 9.11. The Balaban J connectivity index is 1.89. The van der Waals surface area contributed by atoms with E-state index >= 15 is 0 Å². The third-order valence-electron chi connectivity index (χ3n) is 2.26. The zero-order valence-electron chi connectivity index (χ0n) is 7.54. The molecule has 0 N–H and O–H groups in total. The highest BCUT2D eigenvalue weighted by Gasteiger charge is 2.16. The molecule has 0 aromatic rings. The molecular weight excluding hydrogens is 212 g/mol. The highest BCUT2D eigenvalue weighted by Crippen LogP contribution is 2.26. The lowest BCUT2D eigenvalue weighted by atomic mass is 9.86. The fourth-order valence-electron chi connectivity index (χ4n) is 1.24. The van der Waals surface area contributed by atoms with Crippen molar-refractivity contribution in [1.82, 2.24) is 0 Å². The second-order valence-electron chi connectivity index (χ2n) is 3.47. The van der Waals surface area contributed by atoms with Crippen LogP contribution in [0.5, 0.6) is 0 Å². The summed E-state index contributed by atoms with van der Waals surface area (Å²) in [5.41, 5.74) is 0. The van der Waals surface area contributed by atoms with E-state index in [2.05, 4.69) is 0 Å². The van der Waals surface area contributed by atoms with Crippen LogP contribution in [-0.2, 0) is 13.8 Å². The topological polar surface area (TPSA) is 43.4 Å². The van der Waals surface area contributed by atoms with Gasteiger partial charge in [0.25, 0.3) is 0 Å². The molecule has 1 fully saturated rings. The molecule has 1 aliphatic rings. The van der Waals surface area contributed by atoms with Gasteiger partial charge in [0.1, 0.15) is 0 Å². The Morgan fingerprint density at radius 1 is 1.38 bits per heavy atom. The molecule has 0 heterocycles. The first-order valence-electron chi connectivity index (χ1n) is 4.58. The number of rotatable bonds is 6. The Morgan fingerprint density at radius 2 is 2.08 bits per heavy atom. The molecule has 0 bridgehead atoms. The lowest BCUT2D eigenvalue weighted by molar-refractivity contribution is 0.0710. The molecule has 0 aromatic carbocycles. The minimum Gasteiger partial charge on any atom is -0.381 e. The second-order valence-corrected chi connectivity index (χ2v) is 6.36. The van der Waals surface area contributed by atoms with Gasteiger partial charge in [0.15, 0.2) is 0 Å². The molecule has 1 saturated carbocycles. The van der Waals surface area contributed by atoms with Crippen molar-refractivity contribution >= 4 is 19.7 Å². The maximum atomic E-state index is 10.5. The zero-order chi connectivity index (χ0) is 9.73. The summed E-state index contributed by atoms with van der Waals surface area (Å²) in [4.78, 5) is 0. The van der Waals surface area contributed by atoms with Crippen LogP contribution in [0.4, 0.5) is 0 Å². The van der Waals surface area contributed by atoms with Crippen LogP contribution in [0.1, 0.15) is 25.7 Å². The van der Waals surface area contributed by atoms with E-state index in [1.165, 1.54) is 19.3 Å². The van der Waals surface area contributed by atoms with E-state index in [0.29, 0.717) is 18.9 Å². The predicted molar refractivity (Wildman–Crippen MR) is 52.4 cm³/mol. The van der Waals surface area contributed by atoms with E-state index in [1.807, 2.05) is 0 Å². The Morgan fingerprint density at radius 3 is 2.54 bits per heavy atom. The van der Waals surface area contributed by atoms with Gasteiger partial charge in [-0.3, -0.25) is 0 Å². The fourth-order valence-corrected chi connectivity index (χ4v) is 2.03. The van der Waals surface area contributed by atoms with Crippen molar-refractivity contribution in [2.45, 2.75) is 25.7 Å². The minimum atomic E-state index is -3.32. The fraction of sp³-hybridized carbons (Fsp3) is 1.00. The molecule has 78 valence electrons. The van der Waals surface area contributed by atoms with Gasteiger partial charge < -0.3 is 4.74 Å². The molecule has 13 heavy (non-hydrogen) atoms. The molecule has 0 saturated heterocycles. The minimum absolute atomic E-state index is 0.0131. The van der Waals surface area contributed by atoms with E-state index in [0.717, 1.165) is 6.61 Å². The van der Waals surface area contributed by atoms with Gasteiger partial charge in [-0.15, -0.1) is 0 Å². The molecule has 3 nitrogen and oxygen atoms in total. The Hall–Kier alpha value is 0.200. The van der Waals surface area contributed by atoms with Gasteiger partial charge >= 0.3 is 0 Å². The van der Waals surface area contributed by atoms with E-state index in [-0.39, 0.29) is 5.75 Å². The van der Waals surface area contributed by atoms with Gasteiger partial charge in [0.2, 0.25) is 9.05 Å². The average Bonchev–Trinajstić information content (AvgIpc) is 1.90. The lowest BCUT2D eigenvalue weighted by Gasteiger charge is -2.24. The van der Waals surface area contributed by atoms with Crippen LogP contribution in [0, 0.1) is 5.92 Å². The van der Waals surface area contributed by atoms with Crippen LogP contribution in [0.2, 0.25) is 0 Å². The first-order chi connectivity index (χ1) is 6.08. The van der Waals surface area contributed by atoms with E-state index in [4.69, 9.17) is 15.4 Å². The van der Waals surface area contributed by atoms with Crippen LogP contribution in [0.3, 0.4) is 0 Å². The second kappa shape index (κ2) is 5.17. The normalized spacial score (nSPS) is 18.5. The number of ether oxygens (including phenoxy) is 1. The van der Waals surface area contributed by atoms with Gasteiger partial charge in [-0.2, -0.15) is 0 Å². The maximum absolute atomic E-state index is 10.5. The molecule has 0 spiro atoms. The number of hydrogen-bond donors (Lipinski definition) is 0. The summed E-state index contributed by atoms with van der Waals surface area (Å²) in [6.07, 6.45) is 4.32. The summed E-state index contributed by atoms with van der Waals surface area (Å²) in [6, 6.07) is 0. The van der Waals surface area contributed by atoms with Crippen LogP contribution in [0.25, 0.3) is 0 Å². The smallest absolute Gasteiger partial charge is 0.232 e. The predicted octanol–water partition coefficient (Wildman–Crippen LogP) is 1.76. The lowest BCUT2D eigenvalue weighted by Crippen LogP contribution is -2.18. The van der Waals surface area contributed by atoms with Gasteiger partial charge in [-0.05, 0) is 25.2 Å². The van der Waals surface area contributed by atoms with Crippen molar-refractivity contribution in [3.05, 3.63) is 0 Å². The van der Waals surface area contributed by atoms with Crippen LogP contribution in [-0.4, -0.2) is 27.4 Å². The molecule has 0 unspecified atom stereocenters. The highest BCUT2D eigenvalue weighted by atomic mass is 35.7. The van der Waals surface area contributed by atoms with Crippen LogP contribution in [0.15, 0.2) is 0 Å². The molecule has 0 aliphatic heterocycles. The van der Waals surface area contributed by atoms with Gasteiger partial charge in [-0.1, -0.05) is 6.42 Å². The molecule has 0 aromatic heterocycles. The summed E-state index contributed by atoms with van der Waals surface area (Å²) in [6.45, 7) is 1.28. The van der Waals surface area contributed by atoms with Crippen LogP contribution >= 0.6 is 10.7 Å². The Bertz CT molecular complexity index is 234. The summed E-state index contributed by atoms with van der Waals surface area (Å²) in [5, 5.41) is 0. The molecular formula is C8H15ClO3S. The molecule has 1 rings (SSSR count). The third-order valence-corrected chi connectivity index (χ3v) is 3.49. The number of halogens is 1. The van der Waals surface area contributed by atoms with Gasteiger partial charge in [0.05, 0.1) is 5.75 Å². The van der Waals surface area contributed by atoms with Crippen molar-refractivity contribution < 1.29 is 13.2 Å². The summed E-state index contributed by atoms with van der Waals surface area (Å²) < 4.78 is 26.3. The Labute approximate surface area is 83.8 Å². The standard InChI is InChI=1S/C8H15ClO3S/c9-13(10,11)6-2-5-12-7-8-3-1-4-8/h8H,1-7H2. The monoisotopic (exact) mass is 226 g/mol. The van der Waals surface area contributed by atoms with E-state index in [9.17, 15) is 8.42 Å². The molecule has 1 aliphatic carbocycles. The first-order valence-corrected chi connectivity index (χ1v) is 7.06. The molecule has 0 radical (unpaired) electrons. The largest absolute Gasteiger partial charge is 0.381 e. The SMILES string of the molecule is O=S(=O)(Cl)CCCOCC1CCC1. The maximum Gasteiger partial charge on any atom is 0.232 e. The van der Waals surface area contributed by atoms with Crippen molar-refractivity contribution in [3.8, 4) is 0 Å². The van der Waals surface area contributed by atoms with Crippen molar-refractivity contribution in [3.63, 3.8) is 0 Å². The average molecular weight is 227 g/mol. The molecule has 5 heteroatoms. The van der Waals surface area contributed by atoms with Gasteiger partial charge in [-0.25, -0.2) is 8.42 Å². The van der Waals surface area contributed by atoms with E-state index in [1.54, 1.807) is 0 Å². The quantitative estimate of drug-likeness (QED) is 0.512. The summed E-state index contributed by atoms with van der Waals surface area (Å²) in [5.74, 6) is 0.728. The summed E-state index contributed by atoms with van der Waals surface area (Å²) in [7, 11) is 1.71. The third kappa shape index (κ3) is 5.49. The molecule has 0 amide bonds. The number of hydrogen-bond acceptors (Lipinski definition) is 3. The molecule has 0 atom stereocenters. The first kappa shape index (κ1) is 11.3. The van der Waals surface area contributed by atoms with Gasteiger partial charge in [0, 0.05) is 23.9 Å². The highest BCUT2D eigenvalue weighted by molar-refractivity contribution is 8.13. The van der Waals surface area contributed by atoms with Crippen molar-refractivity contribution in [2.75, 3.05) is 19.0 Å².